The molecule has 102 valence electrons. The summed E-state index contributed by atoms with van der Waals surface area (Å²) < 4.78 is 26.4. The van der Waals surface area contributed by atoms with Crippen molar-refractivity contribution in [2.75, 3.05) is 13.1 Å². The highest BCUT2D eigenvalue weighted by molar-refractivity contribution is 5.94. The first-order valence-corrected chi connectivity index (χ1v) is 5.39. The highest BCUT2D eigenvalue weighted by atomic mass is 35.5. The van der Waals surface area contributed by atoms with E-state index in [0.29, 0.717) is 13.1 Å². The maximum Gasteiger partial charge on any atom is 0.254 e. The quantitative estimate of drug-likeness (QED) is 0.885. The van der Waals surface area contributed by atoms with Crippen molar-refractivity contribution in [2.24, 2.45) is 11.7 Å². The van der Waals surface area contributed by atoms with E-state index in [0.717, 1.165) is 6.07 Å². The molecule has 18 heavy (non-hydrogen) atoms. The SMILES string of the molecule is Cc1cc(C(=O)NCC(C)CN)c(F)cc1F.Cl. The number of hydrogen-bond acceptors (Lipinski definition) is 2. The molecule has 1 unspecified atom stereocenters. The molecule has 6 heteroatoms. The van der Waals surface area contributed by atoms with Gasteiger partial charge < -0.3 is 11.1 Å². The Morgan fingerprint density at radius 3 is 2.56 bits per heavy atom. The summed E-state index contributed by atoms with van der Waals surface area (Å²) in [5.41, 5.74) is 5.49. The molecule has 0 aliphatic carbocycles. The van der Waals surface area contributed by atoms with Crippen LogP contribution >= 0.6 is 12.4 Å². The van der Waals surface area contributed by atoms with Crippen LogP contribution in [0.15, 0.2) is 12.1 Å². The Morgan fingerprint density at radius 2 is 2.00 bits per heavy atom. The molecule has 0 bridgehead atoms. The summed E-state index contributed by atoms with van der Waals surface area (Å²) in [6.07, 6.45) is 0. The molecule has 3 nitrogen and oxygen atoms in total. The molecule has 0 heterocycles. The molecule has 1 amide bonds. The van der Waals surface area contributed by atoms with Gasteiger partial charge in [0.25, 0.3) is 5.91 Å². The maximum atomic E-state index is 13.4. The summed E-state index contributed by atoms with van der Waals surface area (Å²) >= 11 is 0. The fourth-order valence-electron chi connectivity index (χ4n) is 1.28. The second kappa shape index (κ2) is 7.28. The van der Waals surface area contributed by atoms with Crippen LogP contribution in [0.1, 0.15) is 22.8 Å². The first-order chi connectivity index (χ1) is 7.95. The minimum Gasteiger partial charge on any atom is -0.352 e. The zero-order chi connectivity index (χ0) is 13.0. The van der Waals surface area contributed by atoms with Crippen LogP contribution in [-0.2, 0) is 0 Å². The Labute approximate surface area is 111 Å². The van der Waals surface area contributed by atoms with E-state index in [1.807, 2.05) is 6.92 Å². The molecule has 0 saturated carbocycles. The zero-order valence-electron chi connectivity index (χ0n) is 10.3. The average molecular weight is 279 g/mol. The molecule has 0 fully saturated rings. The molecule has 0 aliphatic rings. The maximum absolute atomic E-state index is 13.4. The van der Waals surface area contributed by atoms with Crippen LogP contribution in [0.2, 0.25) is 0 Å². The van der Waals surface area contributed by atoms with Crippen molar-refractivity contribution < 1.29 is 13.6 Å². The summed E-state index contributed by atoms with van der Waals surface area (Å²) in [5, 5.41) is 2.56. The van der Waals surface area contributed by atoms with Gasteiger partial charge in [-0.05, 0) is 31.0 Å². The van der Waals surface area contributed by atoms with E-state index in [1.54, 1.807) is 0 Å². The van der Waals surface area contributed by atoms with Gasteiger partial charge in [0.05, 0.1) is 5.56 Å². The van der Waals surface area contributed by atoms with E-state index in [9.17, 15) is 13.6 Å². The van der Waals surface area contributed by atoms with Crippen LogP contribution in [0.4, 0.5) is 8.78 Å². The van der Waals surface area contributed by atoms with Gasteiger partial charge in [0.2, 0.25) is 0 Å². The number of nitrogens with one attached hydrogen (secondary N) is 1. The monoisotopic (exact) mass is 278 g/mol. The van der Waals surface area contributed by atoms with Gasteiger partial charge in [0, 0.05) is 12.6 Å². The van der Waals surface area contributed by atoms with Gasteiger partial charge in [-0.1, -0.05) is 6.92 Å². The van der Waals surface area contributed by atoms with E-state index in [4.69, 9.17) is 5.73 Å². The molecule has 0 saturated heterocycles. The lowest BCUT2D eigenvalue weighted by Crippen LogP contribution is -2.31. The highest BCUT2D eigenvalue weighted by Gasteiger charge is 2.14. The van der Waals surface area contributed by atoms with Crippen LogP contribution in [0, 0.1) is 24.5 Å². The van der Waals surface area contributed by atoms with Crippen LogP contribution in [0.3, 0.4) is 0 Å². The van der Waals surface area contributed by atoms with Crippen LogP contribution in [0.25, 0.3) is 0 Å². The zero-order valence-corrected chi connectivity index (χ0v) is 11.1. The molecule has 1 atom stereocenters. The van der Waals surface area contributed by atoms with Crippen molar-refractivity contribution >= 4 is 18.3 Å². The summed E-state index contributed by atoms with van der Waals surface area (Å²) in [7, 11) is 0. The number of benzene rings is 1. The molecule has 3 N–H and O–H groups in total. The Balaban J connectivity index is 0.00000289. The molecular formula is C12H17ClF2N2O. The molecule has 1 aromatic carbocycles. The topological polar surface area (TPSA) is 55.1 Å². The number of hydrogen-bond donors (Lipinski definition) is 2. The van der Waals surface area contributed by atoms with E-state index >= 15 is 0 Å². The third-order valence-corrected chi connectivity index (χ3v) is 2.51. The summed E-state index contributed by atoms with van der Waals surface area (Å²) in [4.78, 5) is 11.6. The van der Waals surface area contributed by atoms with Crippen molar-refractivity contribution in [3.8, 4) is 0 Å². The fourth-order valence-corrected chi connectivity index (χ4v) is 1.28. The number of aryl methyl sites for hydroxylation is 1. The molecule has 0 aromatic heterocycles. The van der Waals surface area contributed by atoms with E-state index < -0.39 is 17.5 Å². The number of nitrogens with two attached hydrogens (primary N) is 1. The average Bonchev–Trinajstić information content (AvgIpc) is 2.30. The normalized spacial score (nSPS) is 11.6. The number of rotatable bonds is 4. The van der Waals surface area contributed by atoms with Crippen molar-refractivity contribution in [2.45, 2.75) is 13.8 Å². The smallest absolute Gasteiger partial charge is 0.254 e. The number of carbonyl (C=O) groups is 1. The molecule has 1 rings (SSSR count). The van der Waals surface area contributed by atoms with Gasteiger partial charge in [0.1, 0.15) is 11.6 Å². The first kappa shape index (κ1) is 16.8. The molecule has 1 aromatic rings. The predicted octanol–water partition coefficient (Wildman–Crippen LogP) is 2.02. The number of amides is 1. The Morgan fingerprint density at radius 1 is 1.39 bits per heavy atom. The number of halogens is 3. The van der Waals surface area contributed by atoms with Crippen LogP contribution in [0.5, 0.6) is 0 Å². The van der Waals surface area contributed by atoms with Crippen molar-refractivity contribution in [1.82, 2.24) is 5.32 Å². The lowest BCUT2D eigenvalue weighted by molar-refractivity contribution is 0.0944. The summed E-state index contributed by atoms with van der Waals surface area (Å²) in [6, 6.07) is 1.92. The summed E-state index contributed by atoms with van der Waals surface area (Å²) in [5.74, 6) is -1.95. The predicted molar refractivity (Wildman–Crippen MR) is 68.9 cm³/mol. The van der Waals surface area contributed by atoms with E-state index in [2.05, 4.69) is 5.32 Å². The van der Waals surface area contributed by atoms with Gasteiger partial charge >= 0.3 is 0 Å². The van der Waals surface area contributed by atoms with Crippen LogP contribution in [-0.4, -0.2) is 19.0 Å². The van der Waals surface area contributed by atoms with Gasteiger partial charge in [-0.15, -0.1) is 12.4 Å². The minimum absolute atomic E-state index is 0. The molecule has 0 aliphatic heterocycles. The Hall–Kier alpha value is -1.20. The van der Waals surface area contributed by atoms with Crippen LogP contribution < -0.4 is 11.1 Å². The molecule has 0 radical (unpaired) electrons. The fraction of sp³-hybridized carbons (Fsp3) is 0.417. The number of carbonyl (C=O) groups excluding carboxylic acids is 1. The largest absolute Gasteiger partial charge is 0.352 e. The second-order valence-electron chi connectivity index (χ2n) is 4.13. The Bertz CT molecular complexity index is 427. The van der Waals surface area contributed by atoms with E-state index in [1.165, 1.54) is 13.0 Å². The Kier molecular flexibility index (Phi) is 6.80. The standard InChI is InChI=1S/C12H16F2N2O.ClH/c1-7(5-15)6-16-12(17)9-3-8(2)10(13)4-11(9)14;/h3-4,7H,5-6,15H2,1-2H3,(H,16,17);1H. The van der Waals surface area contributed by atoms with Crippen molar-refractivity contribution in [3.63, 3.8) is 0 Å². The molecular weight excluding hydrogens is 262 g/mol. The highest BCUT2D eigenvalue weighted by Crippen LogP contribution is 2.14. The van der Waals surface area contributed by atoms with Gasteiger partial charge in [0.15, 0.2) is 0 Å². The first-order valence-electron chi connectivity index (χ1n) is 5.39. The lowest BCUT2D eigenvalue weighted by Gasteiger charge is -2.11. The van der Waals surface area contributed by atoms with Gasteiger partial charge in [-0.25, -0.2) is 8.78 Å². The second-order valence-corrected chi connectivity index (χ2v) is 4.13. The van der Waals surface area contributed by atoms with Crippen molar-refractivity contribution in [1.29, 1.82) is 0 Å². The lowest BCUT2D eigenvalue weighted by atomic mass is 10.1. The molecule has 0 spiro atoms. The summed E-state index contributed by atoms with van der Waals surface area (Å²) in [6.45, 7) is 4.15. The minimum atomic E-state index is -0.856. The van der Waals surface area contributed by atoms with Gasteiger partial charge in [-0.3, -0.25) is 4.79 Å². The van der Waals surface area contributed by atoms with Crippen molar-refractivity contribution in [3.05, 3.63) is 34.9 Å². The third kappa shape index (κ3) is 4.23. The third-order valence-electron chi connectivity index (χ3n) is 2.51. The van der Waals surface area contributed by atoms with Gasteiger partial charge in [-0.2, -0.15) is 0 Å². The van der Waals surface area contributed by atoms with E-state index in [-0.39, 0.29) is 29.5 Å².